The zero-order chi connectivity index (χ0) is 21.8. The number of fused-ring (bicyclic) bond motifs is 1. The van der Waals surface area contributed by atoms with Gasteiger partial charge >= 0.3 is 5.97 Å². The summed E-state index contributed by atoms with van der Waals surface area (Å²) in [6.45, 7) is 2.45. The number of thioether (sulfide) groups is 1. The Bertz CT molecular complexity index is 920. The first-order chi connectivity index (χ1) is 14.3. The van der Waals surface area contributed by atoms with Gasteiger partial charge in [-0.15, -0.1) is 11.8 Å². The van der Waals surface area contributed by atoms with Gasteiger partial charge < -0.3 is 19.3 Å². The molecule has 0 saturated carbocycles. The number of amides is 1. The van der Waals surface area contributed by atoms with Crippen LogP contribution in [0.2, 0.25) is 5.02 Å². The van der Waals surface area contributed by atoms with Crippen LogP contribution in [0.3, 0.4) is 0 Å². The molecular weight excluding hydrogens is 424 g/mol. The molecule has 3 rings (SSSR count). The fourth-order valence-corrected chi connectivity index (χ4v) is 4.86. The molecule has 8 heteroatoms. The maximum Gasteiger partial charge on any atom is 0.303 e. The van der Waals surface area contributed by atoms with E-state index in [-0.39, 0.29) is 5.91 Å². The van der Waals surface area contributed by atoms with E-state index in [4.69, 9.17) is 21.1 Å². The smallest absolute Gasteiger partial charge is 0.303 e. The summed E-state index contributed by atoms with van der Waals surface area (Å²) in [5.74, 6) is -0.0331. The molecular formula is C22H25ClN2O4S. The van der Waals surface area contributed by atoms with Crippen molar-refractivity contribution in [3.8, 4) is 5.75 Å². The molecule has 160 valence electrons. The quantitative estimate of drug-likeness (QED) is 0.622. The highest BCUT2D eigenvalue weighted by atomic mass is 35.5. The molecule has 0 unspecified atom stereocenters. The van der Waals surface area contributed by atoms with E-state index in [9.17, 15) is 9.59 Å². The largest absolute Gasteiger partial charge is 0.497 e. The van der Waals surface area contributed by atoms with Crippen molar-refractivity contribution in [1.29, 1.82) is 0 Å². The van der Waals surface area contributed by atoms with Crippen LogP contribution in [0.5, 0.6) is 5.75 Å². The number of hydrogen-bond donors (Lipinski definition) is 0. The maximum atomic E-state index is 13.6. The van der Waals surface area contributed by atoms with E-state index in [0.29, 0.717) is 23.9 Å². The van der Waals surface area contributed by atoms with Gasteiger partial charge in [0.2, 0.25) is 0 Å². The standard InChI is InChI=1S/C22H25ClN2O4S/c1-14(26)29-20-21(15-5-8-17(28-4)9-6-15)30-19-13-16(23)7-10-18(19)25(22(20)27)12-11-24(2)3/h5-10,13,20-21H,11-12H2,1-4H3/t20-,21-/m0/s1. The number of halogens is 1. The number of methoxy groups -OCH3 is 1. The maximum absolute atomic E-state index is 13.6. The van der Waals surface area contributed by atoms with Crippen molar-refractivity contribution in [1.82, 2.24) is 4.90 Å². The number of likely N-dealkylation sites (N-methyl/N-ethyl adjacent to an activating group) is 1. The minimum atomic E-state index is -0.964. The molecule has 0 fully saturated rings. The van der Waals surface area contributed by atoms with Crippen molar-refractivity contribution in [2.45, 2.75) is 23.2 Å². The number of ether oxygens (including phenoxy) is 2. The van der Waals surface area contributed by atoms with Crippen LogP contribution in [0.25, 0.3) is 0 Å². The summed E-state index contributed by atoms with van der Waals surface area (Å²) >= 11 is 7.74. The van der Waals surface area contributed by atoms with Gasteiger partial charge in [0.15, 0.2) is 6.10 Å². The molecule has 0 aromatic heterocycles. The fraction of sp³-hybridized carbons (Fsp3) is 0.364. The predicted molar refractivity (Wildman–Crippen MR) is 120 cm³/mol. The molecule has 1 amide bonds. The molecule has 30 heavy (non-hydrogen) atoms. The first-order valence-corrected chi connectivity index (χ1v) is 10.8. The van der Waals surface area contributed by atoms with Crippen molar-refractivity contribution in [2.75, 3.05) is 39.2 Å². The van der Waals surface area contributed by atoms with Gasteiger partial charge in [0.1, 0.15) is 5.75 Å². The van der Waals surface area contributed by atoms with E-state index in [1.807, 2.05) is 55.4 Å². The van der Waals surface area contributed by atoms with Crippen molar-refractivity contribution in [3.63, 3.8) is 0 Å². The molecule has 0 aliphatic carbocycles. The number of carbonyl (C=O) groups excluding carboxylic acids is 2. The van der Waals surface area contributed by atoms with Crippen molar-refractivity contribution < 1.29 is 19.1 Å². The lowest BCUT2D eigenvalue weighted by molar-refractivity contribution is -0.152. The van der Waals surface area contributed by atoms with Crippen molar-refractivity contribution in [2.24, 2.45) is 0 Å². The molecule has 1 aliphatic rings. The third kappa shape index (κ3) is 5.09. The molecule has 1 aliphatic heterocycles. The van der Waals surface area contributed by atoms with Gasteiger partial charge in [-0.2, -0.15) is 0 Å². The van der Waals surface area contributed by atoms with E-state index in [1.54, 1.807) is 18.1 Å². The second-order valence-electron chi connectivity index (χ2n) is 7.25. The predicted octanol–water partition coefficient (Wildman–Crippen LogP) is 4.02. The second-order valence-corrected chi connectivity index (χ2v) is 8.87. The molecule has 0 spiro atoms. The SMILES string of the molecule is COc1ccc([C@@H]2Sc3cc(Cl)ccc3N(CCN(C)C)C(=O)[C@H]2OC(C)=O)cc1. The minimum absolute atomic E-state index is 0.249. The van der Waals surface area contributed by atoms with E-state index < -0.39 is 17.3 Å². The second kappa shape index (κ2) is 9.73. The Morgan fingerprint density at radius 1 is 1.20 bits per heavy atom. The number of nitrogens with zero attached hydrogens (tertiary/aromatic N) is 2. The Morgan fingerprint density at radius 2 is 1.90 bits per heavy atom. The van der Waals surface area contributed by atoms with Gasteiger partial charge in [-0.05, 0) is 50.0 Å². The average Bonchev–Trinajstić information content (AvgIpc) is 2.81. The summed E-state index contributed by atoms with van der Waals surface area (Å²) in [6.07, 6.45) is -0.964. The molecule has 0 saturated heterocycles. The van der Waals surface area contributed by atoms with Gasteiger partial charge in [0, 0.05) is 29.9 Å². The molecule has 2 aromatic carbocycles. The summed E-state index contributed by atoms with van der Waals surface area (Å²) < 4.78 is 10.8. The highest BCUT2D eigenvalue weighted by Crippen LogP contribution is 2.47. The summed E-state index contributed by atoms with van der Waals surface area (Å²) in [5, 5.41) is 0.162. The number of anilines is 1. The number of benzene rings is 2. The Morgan fingerprint density at radius 3 is 2.50 bits per heavy atom. The molecule has 2 aromatic rings. The lowest BCUT2D eigenvalue weighted by Gasteiger charge is -2.28. The van der Waals surface area contributed by atoms with Crippen LogP contribution in [0.1, 0.15) is 17.7 Å². The lowest BCUT2D eigenvalue weighted by Crippen LogP contribution is -2.45. The highest BCUT2D eigenvalue weighted by molar-refractivity contribution is 7.99. The van der Waals surface area contributed by atoms with Gasteiger partial charge in [0.05, 0.1) is 18.0 Å². The van der Waals surface area contributed by atoms with Crippen LogP contribution in [-0.4, -0.2) is 57.2 Å². The molecule has 0 N–H and O–H groups in total. The highest BCUT2D eigenvalue weighted by Gasteiger charge is 2.40. The summed E-state index contributed by atoms with van der Waals surface area (Å²) in [5.41, 5.74) is 1.63. The first-order valence-electron chi connectivity index (χ1n) is 9.53. The van der Waals surface area contributed by atoms with Crippen LogP contribution < -0.4 is 9.64 Å². The molecule has 0 bridgehead atoms. The Labute approximate surface area is 186 Å². The normalized spacial score (nSPS) is 18.7. The third-order valence-electron chi connectivity index (χ3n) is 4.76. The Hall–Kier alpha value is -2.22. The van der Waals surface area contributed by atoms with E-state index >= 15 is 0 Å². The van der Waals surface area contributed by atoms with Crippen molar-refractivity contribution >= 4 is 40.9 Å². The molecule has 2 atom stereocenters. The monoisotopic (exact) mass is 448 g/mol. The lowest BCUT2D eigenvalue weighted by atomic mass is 10.1. The van der Waals surface area contributed by atoms with E-state index in [0.717, 1.165) is 16.1 Å². The van der Waals surface area contributed by atoms with Gasteiger partial charge in [-0.25, -0.2) is 0 Å². The number of carbonyl (C=O) groups is 2. The number of esters is 1. The number of rotatable bonds is 6. The van der Waals surface area contributed by atoms with Crippen LogP contribution in [0.15, 0.2) is 47.4 Å². The van der Waals surface area contributed by atoms with Crippen LogP contribution >= 0.6 is 23.4 Å². The van der Waals surface area contributed by atoms with E-state index in [2.05, 4.69) is 0 Å². The van der Waals surface area contributed by atoms with Crippen LogP contribution in [0, 0.1) is 0 Å². The average molecular weight is 449 g/mol. The van der Waals surface area contributed by atoms with Crippen LogP contribution in [-0.2, 0) is 14.3 Å². The van der Waals surface area contributed by atoms with Crippen molar-refractivity contribution in [3.05, 3.63) is 53.1 Å². The van der Waals surface area contributed by atoms with E-state index in [1.165, 1.54) is 18.7 Å². The van der Waals surface area contributed by atoms with Gasteiger partial charge in [-0.1, -0.05) is 23.7 Å². The summed E-state index contributed by atoms with van der Waals surface area (Å²) in [6, 6.07) is 12.9. The van der Waals surface area contributed by atoms with Gasteiger partial charge in [-0.3, -0.25) is 9.59 Å². The summed E-state index contributed by atoms with van der Waals surface area (Å²) in [4.78, 5) is 30.1. The van der Waals surface area contributed by atoms with Gasteiger partial charge in [0.25, 0.3) is 5.91 Å². The molecule has 6 nitrogen and oxygen atoms in total. The first kappa shape index (κ1) is 22.5. The fourth-order valence-electron chi connectivity index (χ4n) is 3.26. The molecule has 1 heterocycles. The van der Waals surface area contributed by atoms with Crippen LogP contribution in [0.4, 0.5) is 5.69 Å². The number of hydrogen-bond acceptors (Lipinski definition) is 6. The molecule has 0 radical (unpaired) electrons. The summed E-state index contributed by atoms with van der Waals surface area (Å²) in [7, 11) is 5.49. The topological polar surface area (TPSA) is 59.1 Å². The Balaban J connectivity index is 2.09. The Kier molecular flexibility index (Phi) is 7.28. The zero-order valence-corrected chi connectivity index (χ0v) is 19.0. The minimum Gasteiger partial charge on any atom is -0.497 e. The zero-order valence-electron chi connectivity index (χ0n) is 17.4. The third-order valence-corrected chi connectivity index (χ3v) is 6.35.